The van der Waals surface area contributed by atoms with E-state index >= 15 is 0 Å². The average molecular weight is 417 g/mol. The molecule has 2 saturated heterocycles. The van der Waals surface area contributed by atoms with Gasteiger partial charge in [0.2, 0.25) is 0 Å². The molecule has 2 aromatic heterocycles. The van der Waals surface area contributed by atoms with E-state index in [1.165, 1.54) is 35.7 Å². The van der Waals surface area contributed by atoms with Gasteiger partial charge in [-0.1, -0.05) is 0 Å². The van der Waals surface area contributed by atoms with E-state index < -0.39 is 5.82 Å². The first-order chi connectivity index (χ1) is 14.0. The van der Waals surface area contributed by atoms with Gasteiger partial charge >= 0.3 is 6.03 Å². The molecule has 2 aliphatic heterocycles. The summed E-state index contributed by atoms with van der Waals surface area (Å²) in [5.41, 5.74) is 2.23. The second-order valence-electron chi connectivity index (χ2n) is 7.14. The second kappa shape index (κ2) is 7.11. The van der Waals surface area contributed by atoms with Crippen molar-refractivity contribution >= 4 is 33.4 Å². The van der Waals surface area contributed by atoms with Gasteiger partial charge in [0.15, 0.2) is 0 Å². The summed E-state index contributed by atoms with van der Waals surface area (Å²) < 4.78 is 33.3. The summed E-state index contributed by atoms with van der Waals surface area (Å²) in [6.45, 7) is 2.15. The number of likely N-dealkylation sites (tertiary alicyclic amines) is 1. The number of urea groups is 1. The molecule has 2 aliphatic rings. The second-order valence-corrected chi connectivity index (χ2v) is 7.99. The summed E-state index contributed by atoms with van der Waals surface area (Å²) >= 11 is 1.40. The number of benzene rings is 1. The number of anilines is 1. The molecule has 0 radical (unpaired) electrons. The molecule has 10 heteroatoms. The molecule has 5 rings (SSSR count). The number of nitrogens with zero attached hydrogens (tertiary/aromatic N) is 4. The van der Waals surface area contributed by atoms with Crippen molar-refractivity contribution in [2.75, 3.05) is 31.1 Å². The molecule has 7 nitrogen and oxygen atoms in total. The summed E-state index contributed by atoms with van der Waals surface area (Å²) in [6, 6.07) is 5.60. The SMILES string of the molecule is O=C(NC1CN(c2ccc(F)cn2)C1)N1CC(Oc2cc(F)cc3ncsc23)C1. The monoisotopic (exact) mass is 417 g/mol. The number of carbonyl (C=O) groups is 1. The number of nitrogens with one attached hydrogen (secondary N) is 1. The summed E-state index contributed by atoms with van der Waals surface area (Å²) in [7, 11) is 0. The number of ether oxygens (including phenoxy) is 1. The lowest BCUT2D eigenvalue weighted by Gasteiger charge is -2.44. The highest BCUT2D eigenvalue weighted by Crippen LogP contribution is 2.32. The van der Waals surface area contributed by atoms with E-state index in [1.54, 1.807) is 16.5 Å². The van der Waals surface area contributed by atoms with Crippen molar-refractivity contribution in [3.8, 4) is 5.75 Å². The summed E-state index contributed by atoms with van der Waals surface area (Å²) in [5.74, 6) is 0.397. The molecule has 4 heterocycles. The number of fused-ring (bicyclic) bond motifs is 1. The van der Waals surface area contributed by atoms with E-state index in [-0.39, 0.29) is 24.0 Å². The molecule has 1 aromatic carbocycles. The molecule has 0 saturated carbocycles. The Morgan fingerprint density at radius 2 is 1.97 bits per heavy atom. The van der Waals surface area contributed by atoms with E-state index in [9.17, 15) is 13.6 Å². The minimum atomic E-state index is -0.391. The highest BCUT2D eigenvalue weighted by atomic mass is 32.1. The van der Waals surface area contributed by atoms with E-state index in [0.29, 0.717) is 43.3 Å². The Morgan fingerprint density at radius 3 is 2.72 bits per heavy atom. The van der Waals surface area contributed by atoms with Crippen LogP contribution in [0, 0.1) is 11.6 Å². The van der Waals surface area contributed by atoms with Crippen LogP contribution in [-0.4, -0.2) is 59.2 Å². The third kappa shape index (κ3) is 3.55. The number of pyridine rings is 1. The van der Waals surface area contributed by atoms with Gasteiger partial charge in [-0.2, -0.15) is 0 Å². The fourth-order valence-corrected chi connectivity index (χ4v) is 4.16. The molecule has 2 amide bonds. The molecule has 150 valence electrons. The molecule has 0 unspecified atom stereocenters. The normalized spacial score (nSPS) is 17.2. The van der Waals surface area contributed by atoms with Crippen LogP contribution in [0.5, 0.6) is 5.75 Å². The quantitative estimate of drug-likeness (QED) is 0.707. The van der Waals surface area contributed by atoms with Gasteiger partial charge in [-0.05, 0) is 12.1 Å². The summed E-state index contributed by atoms with van der Waals surface area (Å²) in [6.07, 6.45) is 1.01. The van der Waals surface area contributed by atoms with Gasteiger partial charge in [0.05, 0.1) is 41.1 Å². The fraction of sp³-hybridized carbons (Fsp3) is 0.316. The van der Waals surface area contributed by atoms with Gasteiger partial charge in [0, 0.05) is 25.2 Å². The van der Waals surface area contributed by atoms with E-state index in [0.717, 1.165) is 4.70 Å². The number of hydrogen-bond acceptors (Lipinski definition) is 6. The number of hydrogen-bond donors (Lipinski definition) is 1. The van der Waals surface area contributed by atoms with E-state index in [2.05, 4.69) is 15.3 Å². The lowest BCUT2D eigenvalue weighted by Crippen LogP contribution is -2.65. The first kappa shape index (κ1) is 18.0. The molecule has 0 atom stereocenters. The Labute approximate surface area is 168 Å². The van der Waals surface area contributed by atoms with Crippen LogP contribution in [0.1, 0.15) is 0 Å². The molecule has 29 heavy (non-hydrogen) atoms. The van der Waals surface area contributed by atoms with Gasteiger partial charge in [-0.25, -0.2) is 23.5 Å². The van der Waals surface area contributed by atoms with Gasteiger partial charge in [-0.15, -0.1) is 11.3 Å². The van der Waals surface area contributed by atoms with Crippen LogP contribution >= 0.6 is 11.3 Å². The Kier molecular flexibility index (Phi) is 4.42. The maximum atomic E-state index is 13.7. The van der Waals surface area contributed by atoms with Crippen LogP contribution in [-0.2, 0) is 0 Å². The lowest BCUT2D eigenvalue weighted by molar-refractivity contribution is 0.0440. The minimum absolute atomic E-state index is 0.0226. The highest BCUT2D eigenvalue weighted by Gasteiger charge is 2.36. The van der Waals surface area contributed by atoms with Crippen molar-refractivity contribution in [2.24, 2.45) is 0 Å². The Bertz CT molecular complexity index is 1050. The fourth-order valence-electron chi connectivity index (χ4n) is 3.43. The molecule has 2 fully saturated rings. The largest absolute Gasteiger partial charge is 0.485 e. The zero-order chi connectivity index (χ0) is 20.0. The predicted octanol–water partition coefficient (Wildman–Crippen LogP) is 2.63. The summed E-state index contributed by atoms with van der Waals surface area (Å²) in [4.78, 5) is 24.1. The topological polar surface area (TPSA) is 70.6 Å². The Morgan fingerprint density at radius 1 is 1.14 bits per heavy atom. The summed E-state index contributed by atoms with van der Waals surface area (Å²) in [5, 5.41) is 2.97. The first-order valence-corrected chi connectivity index (χ1v) is 10.0. The van der Waals surface area contributed by atoms with Gasteiger partial charge in [0.1, 0.15) is 29.3 Å². The molecule has 3 aromatic rings. The van der Waals surface area contributed by atoms with E-state index in [1.807, 2.05) is 4.90 Å². The van der Waals surface area contributed by atoms with Crippen molar-refractivity contribution in [3.05, 3.63) is 47.6 Å². The molecular weight excluding hydrogens is 400 g/mol. The third-order valence-electron chi connectivity index (χ3n) is 5.04. The average Bonchev–Trinajstić information content (AvgIpc) is 3.09. The number of halogens is 2. The number of thiazole rings is 1. The molecule has 0 bridgehead atoms. The van der Waals surface area contributed by atoms with Crippen molar-refractivity contribution in [2.45, 2.75) is 12.1 Å². The number of carbonyl (C=O) groups excluding carboxylic acids is 1. The van der Waals surface area contributed by atoms with Crippen LogP contribution in [0.2, 0.25) is 0 Å². The maximum absolute atomic E-state index is 13.7. The van der Waals surface area contributed by atoms with Crippen LogP contribution in [0.25, 0.3) is 10.2 Å². The van der Waals surface area contributed by atoms with Crippen LogP contribution in [0.15, 0.2) is 36.0 Å². The Hall–Kier alpha value is -3.01. The number of aromatic nitrogens is 2. The Balaban J connectivity index is 1.10. The van der Waals surface area contributed by atoms with Crippen molar-refractivity contribution < 1.29 is 18.3 Å². The maximum Gasteiger partial charge on any atom is 0.317 e. The first-order valence-electron chi connectivity index (χ1n) is 9.16. The third-order valence-corrected chi connectivity index (χ3v) is 5.89. The van der Waals surface area contributed by atoms with Crippen molar-refractivity contribution in [1.29, 1.82) is 0 Å². The van der Waals surface area contributed by atoms with Crippen LogP contribution < -0.4 is 15.0 Å². The standard InChI is InChI=1S/C19H17F2N5O2S/c20-11-1-2-17(22-5-11)25-6-13(7-25)24-19(27)26-8-14(9-26)28-16-4-12(21)3-15-18(16)29-10-23-15/h1-5,10,13-14H,6-9H2,(H,24,27). The number of rotatable bonds is 4. The predicted molar refractivity (Wildman–Crippen MR) is 104 cm³/mol. The van der Waals surface area contributed by atoms with Crippen LogP contribution in [0.3, 0.4) is 0 Å². The van der Waals surface area contributed by atoms with Gasteiger partial charge < -0.3 is 19.9 Å². The van der Waals surface area contributed by atoms with Crippen molar-refractivity contribution in [1.82, 2.24) is 20.2 Å². The van der Waals surface area contributed by atoms with Crippen molar-refractivity contribution in [3.63, 3.8) is 0 Å². The van der Waals surface area contributed by atoms with E-state index in [4.69, 9.17) is 4.74 Å². The molecular formula is C19H17F2N5O2S. The smallest absolute Gasteiger partial charge is 0.317 e. The van der Waals surface area contributed by atoms with Gasteiger partial charge in [0.25, 0.3) is 0 Å². The molecule has 1 N–H and O–H groups in total. The molecule has 0 spiro atoms. The highest BCUT2D eigenvalue weighted by molar-refractivity contribution is 7.17. The molecule has 0 aliphatic carbocycles. The minimum Gasteiger partial charge on any atom is -0.485 e. The zero-order valence-corrected chi connectivity index (χ0v) is 16.0. The van der Waals surface area contributed by atoms with Gasteiger partial charge in [-0.3, -0.25) is 0 Å². The van der Waals surface area contributed by atoms with Crippen LogP contribution in [0.4, 0.5) is 19.4 Å². The number of amides is 2. The zero-order valence-electron chi connectivity index (χ0n) is 15.2. The lowest BCUT2D eigenvalue weighted by atomic mass is 10.1.